The number of carboxylic acid groups (broad SMARTS) is 1. The Morgan fingerprint density at radius 3 is 2.00 bits per heavy atom. The van der Waals surface area contributed by atoms with Crippen LogP contribution in [0.4, 0.5) is 0 Å². The van der Waals surface area contributed by atoms with Gasteiger partial charge in [0.2, 0.25) is 0 Å². The highest BCUT2D eigenvalue weighted by Crippen LogP contribution is 2.27. The average molecular weight is 254 g/mol. The van der Waals surface area contributed by atoms with Crippen molar-refractivity contribution in [3.05, 3.63) is 0 Å². The van der Waals surface area contributed by atoms with Crippen LogP contribution in [-0.2, 0) is 9.59 Å². The normalized spacial score (nSPS) is 18.7. The Kier molecular flexibility index (Phi) is 7.70. The van der Waals surface area contributed by atoms with Gasteiger partial charge in [0.05, 0.1) is 0 Å². The summed E-state index contributed by atoms with van der Waals surface area (Å²) in [7, 11) is 0. The number of rotatable bonds is 11. The highest BCUT2D eigenvalue weighted by Gasteiger charge is 2.26. The third-order valence-corrected chi connectivity index (χ3v) is 3.89. The van der Waals surface area contributed by atoms with Gasteiger partial charge in [-0.2, -0.15) is 0 Å². The lowest BCUT2D eigenvalue weighted by atomic mass is 9.80. The molecule has 0 bridgehead atoms. The van der Waals surface area contributed by atoms with Gasteiger partial charge in [0.25, 0.3) is 0 Å². The second kappa shape index (κ2) is 9.12. The predicted molar refractivity (Wildman–Crippen MR) is 71.5 cm³/mol. The van der Waals surface area contributed by atoms with Crippen molar-refractivity contribution >= 4 is 11.8 Å². The Balaban J connectivity index is 1.73. The van der Waals surface area contributed by atoms with Crippen LogP contribution in [0.1, 0.15) is 77.0 Å². The summed E-state index contributed by atoms with van der Waals surface area (Å²) in [6.45, 7) is 0. The number of hydrogen-bond donors (Lipinski definition) is 1. The molecule has 1 N–H and O–H groups in total. The van der Waals surface area contributed by atoms with Gasteiger partial charge in [0.1, 0.15) is 5.78 Å². The molecule has 0 amide bonds. The smallest absolute Gasteiger partial charge is 0.303 e. The lowest BCUT2D eigenvalue weighted by Crippen LogP contribution is -2.25. The van der Waals surface area contributed by atoms with E-state index >= 15 is 0 Å². The van der Waals surface area contributed by atoms with Gasteiger partial charge in [0.15, 0.2) is 0 Å². The molecule has 1 aliphatic carbocycles. The van der Waals surface area contributed by atoms with Crippen molar-refractivity contribution in [1.29, 1.82) is 0 Å². The maximum atomic E-state index is 11.1. The summed E-state index contributed by atoms with van der Waals surface area (Å²) in [4.78, 5) is 21.4. The largest absolute Gasteiger partial charge is 0.481 e. The first-order valence-electron chi connectivity index (χ1n) is 7.44. The summed E-state index contributed by atoms with van der Waals surface area (Å²) >= 11 is 0. The van der Waals surface area contributed by atoms with Crippen LogP contribution in [0.25, 0.3) is 0 Å². The van der Waals surface area contributed by atoms with E-state index in [1.54, 1.807) is 0 Å². The minimum absolute atomic E-state index is 0.315. The van der Waals surface area contributed by atoms with Gasteiger partial charge < -0.3 is 5.11 Å². The zero-order chi connectivity index (χ0) is 13.2. The second-order valence-electron chi connectivity index (χ2n) is 5.46. The molecule has 1 aliphatic rings. The van der Waals surface area contributed by atoms with Crippen molar-refractivity contribution in [2.75, 3.05) is 0 Å². The topological polar surface area (TPSA) is 54.4 Å². The lowest BCUT2D eigenvalue weighted by Gasteiger charge is -2.23. The number of ketones is 1. The first-order valence-corrected chi connectivity index (χ1v) is 7.44. The molecule has 1 fully saturated rings. The van der Waals surface area contributed by atoms with Crippen LogP contribution in [0.5, 0.6) is 0 Å². The molecule has 0 spiro atoms. The minimum Gasteiger partial charge on any atom is -0.481 e. The fraction of sp³-hybridized carbons (Fsp3) is 0.867. The Labute approximate surface area is 110 Å². The summed E-state index contributed by atoms with van der Waals surface area (Å²) < 4.78 is 0. The van der Waals surface area contributed by atoms with Crippen LogP contribution in [0, 0.1) is 5.92 Å². The monoisotopic (exact) mass is 254 g/mol. The van der Waals surface area contributed by atoms with E-state index in [0.717, 1.165) is 38.5 Å². The Hall–Kier alpha value is -0.860. The van der Waals surface area contributed by atoms with Gasteiger partial charge in [-0.05, 0) is 19.3 Å². The molecular formula is C15H26O3. The fourth-order valence-corrected chi connectivity index (χ4v) is 2.50. The quantitative estimate of drug-likeness (QED) is 0.568. The zero-order valence-electron chi connectivity index (χ0n) is 11.3. The first-order chi connectivity index (χ1) is 8.70. The maximum Gasteiger partial charge on any atom is 0.303 e. The molecule has 0 aromatic heterocycles. The molecule has 104 valence electrons. The molecule has 0 aliphatic heterocycles. The van der Waals surface area contributed by atoms with Gasteiger partial charge >= 0.3 is 5.97 Å². The van der Waals surface area contributed by atoms with Gasteiger partial charge in [-0.15, -0.1) is 0 Å². The SMILES string of the molecule is O=C(O)CCCCCCCCCCC1CCC1=O. The third-order valence-electron chi connectivity index (χ3n) is 3.89. The number of carbonyl (C=O) groups excluding carboxylic acids is 1. The van der Waals surface area contributed by atoms with Crippen LogP contribution in [-0.4, -0.2) is 16.9 Å². The lowest BCUT2D eigenvalue weighted by molar-refractivity contribution is -0.137. The third kappa shape index (κ3) is 6.77. The number of hydrogen-bond acceptors (Lipinski definition) is 2. The molecule has 0 radical (unpaired) electrons. The summed E-state index contributed by atoms with van der Waals surface area (Å²) in [6, 6.07) is 0. The molecule has 18 heavy (non-hydrogen) atoms. The van der Waals surface area contributed by atoms with Crippen molar-refractivity contribution in [3.8, 4) is 0 Å². The highest BCUT2D eigenvalue weighted by atomic mass is 16.4. The van der Waals surface area contributed by atoms with Crippen LogP contribution in [0.3, 0.4) is 0 Å². The van der Waals surface area contributed by atoms with Crippen molar-refractivity contribution in [2.45, 2.75) is 77.0 Å². The molecule has 0 aromatic carbocycles. The maximum absolute atomic E-state index is 11.1. The van der Waals surface area contributed by atoms with E-state index in [1.807, 2.05) is 0 Å². The van der Waals surface area contributed by atoms with Gasteiger partial charge in [-0.1, -0.05) is 44.9 Å². The Morgan fingerprint density at radius 1 is 1.00 bits per heavy atom. The van der Waals surface area contributed by atoms with Crippen molar-refractivity contribution in [1.82, 2.24) is 0 Å². The number of carbonyl (C=O) groups is 2. The van der Waals surface area contributed by atoms with E-state index in [1.165, 1.54) is 32.1 Å². The Morgan fingerprint density at radius 2 is 1.56 bits per heavy atom. The molecule has 1 atom stereocenters. The van der Waals surface area contributed by atoms with E-state index in [0.29, 0.717) is 18.1 Å². The molecule has 0 saturated heterocycles. The summed E-state index contributed by atoms with van der Waals surface area (Å²) in [5.74, 6) is 0.204. The van der Waals surface area contributed by atoms with Crippen LogP contribution < -0.4 is 0 Å². The van der Waals surface area contributed by atoms with E-state index in [9.17, 15) is 9.59 Å². The van der Waals surface area contributed by atoms with Crippen LogP contribution >= 0.6 is 0 Å². The molecule has 1 rings (SSSR count). The van der Waals surface area contributed by atoms with Crippen LogP contribution in [0.15, 0.2) is 0 Å². The summed E-state index contributed by atoms with van der Waals surface area (Å²) in [5, 5.41) is 8.48. The van der Waals surface area contributed by atoms with Crippen LogP contribution in [0.2, 0.25) is 0 Å². The van der Waals surface area contributed by atoms with E-state index in [4.69, 9.17) is 5.11 Å². The van der Waals surface area contributed by atoms with Crippen molar-refractivity contribution in [2.24, 2.45) is 5.92 Å². The van der Waals surface area contributed by atoms with Gasteiger partial charge in [-0.25, -0.2) is 0 Å². The fourth-order valence-electron chi connectivity index (χ4n) is 2.50. The number of unbranched alkanes of at least 4 members (excludes halogenated alkanes) is 7. The van der Waals surface area contributed by atoms with E-state index in [-0.39, 0.29) is 0 Å². The molecule has 3 nitrogen and oxygen atoms in total. The number of aliphatic carboxylic acids is 1. The number of carboxylic acids is 1. The van der Waals surface area contributed by atoms with Gasteiger partial charge in [0, 0.05) is 18.8 Å². The Bertz CT molecular complexity index is 260. The van der Waals surface area contributed by atoms with Crippen molar-refractivity contribution < 1.29 is 14.7 Å². The average Bonchev–Trinajstić information content (AvgIpc) is 2.33. The molecule has 0 heterocycles. The van der Waals surface area contributed by atoms with E-state index in [2.05, 4.69) is 0 Å². The number of Topliss-reactive ketones (excluding diaryl/α,β-unsaturated/α-hetero) is 1. The molecular weight excluding hydrogens is 228 g/mol. The predicted octanol–water partition coefficient (Wildman–Crippen LogP) is 3.95. The summed E-state index contributed by atoms with van der Waals surface area (Å²) in [6.07, 6.45) is 12.6. The zero-order valence-corrected chi connectivity index (χ0v) is 11.3. The molecule has 3 heteroatoms. The standard InChI is InChI=1S/C15H26O3/c16-14-12-11-13(14)9-7-5-3-1-2-4-6-8-10-15(17)18/h13H,1-12H2,(H,17,18). The molecule has 0 aromatic rings. The first kappa shape index (κ1) is 15.2. The van der Waals surface area contributed by atoms with E-state index < -0.39 is 5.97 Å². The molecule has 1 saturated carbocycles. The summed E-state index contributed by atoms with van der Waals surface area (Å²) in [5.41, 5.74) is 0. The minimum atomic E-state index is -0.680. The van der Waals surface area contributed by atoms with Crippen molar-refractivity contribution in [3.63, 3.8) is 0 Å². The highest BCUT2D eigenvalue weighted by molar-refractivity contribution is 5.86. The van der Waals surface area contributed by atoms with Gasteiger partial charge in [-0.3, -0.25) is 9.59 Å². The molecule has 1 unspecified atom stereocenters. The second-order valence-corrected chi connectivity index (χ2v) is 5.46.